The molecule has 33 heavy (non-hydrogen) atoms. The lowest BCUT2D eigenvalue weighted by Crippen LogP contribution is -2.41. The predicted molar refractivity (Wildman–Crippen MR) is 116 cm³/mol. The number of nitrogen functional groups attached to an aromatic ring is 1. The van der Waals surface area contributed by atoms with Crippen molar-refractivity contribution in [2.45, 2.75) is 24.5 Å². The molecule has 0 aliphatic carbocycles. The molecule has 1 aliphatic rings. The third kappa shape index (κ3) is 4.22. The number of aliphatic hydroxyl groups is 2. The van der Waals surface area contributed by atoms with Gasteiger partial charge in [-0.3, -0.25) is 19.1 Å². The van der Waals surface area contributed by atoms with Gasteiger partial charge in [0.1, 0.15) is 22.6 Å². The average molecular weight is 472 g/mol. The van der Waals surface area contributed by atoms with Gasteiger partial charge in [0.15, 0.2) is 23.8 Å². The third-order valence-electron chi connectivity index (χ3n) is 4.97. The molecule has 1 saturated heterocycles. The highest BCUT2D eigenvalue weighted by molar-refractivity contribution is 7.11. The summed E-state index contributed by atoms with van der Waals surface area (Å²) in [5, 5.41) is 23.0. The molecule has 4 heterocycles. The first-order valence-electron chi connectivity index (χ1n) is 9.68. The van der Waals surface area contributed by atoms with Gasteiger partial charge in [0.2, 0.25) is 5.82 Å². The molecule has 13 nitrogen and oxygen atoms in total. The molecule has 0 aromatic carbocycles. The standard InChI is InChI=1S/C19H20N8O5S/c1-21-17(30)14-12(28)13(29)19(32-14)27-7-23-11-15(20)24-10(25-16(11)27)4-3-5-26(2)18(31)9-6-22-8-33-9/h6-8,12-14,19,28-29H,5H2,1-2H3,(H,21,30)(H2,20,24,25)/t12-,13+,14-,19+/m0/s1. The average Bonchev–Trinajstić information content (AvgIpc) is 3.54. The van der Waals surface area contributed by atoms with Crippen LogP contribution in [0, 0.1) is 11.8 Å². The fraction of sp³-hybridized carbons (Fsp3) is 0.368. The van der Waals surface area contributed by atoms with E-state index in [0.717, 1.165) is 0 Å². The quantitative estimate of drug-likeness (QED) is 0.321. The number of aliphatic hydroxyl groups excluding tert-OH is 2. The van der Waals surface area contributed by atoms with Crippen molar-refractivity contribution in [2.24, 2.45) is 0 Å². The molecule has 5 N–H and O–H groups in total. The van der Waals surface area contributed by atoms with E-state index in [1.807, 2.05) is 0 Å². The summed E-state index contributed by atoms with van der Waals surface area (Å²) >= 11 is 1.23. The minimum atomic E-state index is -1.45. The van der Waals surface area contributed by atoms with Gasteiger partial charge in [0.25, 0.3) is 11.8 Å². The van der Waals surface area contributed by atoms with Gasteiger partial charge in [-0.25, -0.2) is 15.0 Å². The van der Waals surface area contributed by atoms with Crippen LogP contribution < -0.4 is 11.1 Å². The maximum absolute atomic E-state index is 12.3. The van der Waals surface area contributed by atoms with Crippen LogP contribution in [0.2, 0.25) is 0 Å². The number of nitrogens with one attached hydrogen (secondary N) is 1. The SMILES string of the molecule is CNC(=O)[C@H]1O[C@@H](n2cnc3c(N)nc(C#CCN(C)C(=O)c4cncs4)nc32)[C@H](O)[C@@H]1O. The van der Waals surface area contributed by atoms with Crippen LogP contribution in [0.4, 0.5) is 5.82 Å². The molecule has 4 rings (SSSR count). The fourth-order valence-corrected chi connectivity index (χ4v) is 3.86. The largest absolute Gasteiger partial charge is 0.387 e. The summed E-state index contributed by atoms with van der Waals surface area (Å²) in [6, 6.07) is 0. The second-order valence-corrected chi connectivity index (χ2v) is 8.01. The molecule has 0 saturated carbocycles. The van der Waals surface area contributed by atoms with E-state index < -0.39 is 30.4 Å². The van der Waals surface area contributed by atoms with E-state index in [2.05, 4.69) is 37.1 Å². The normalized spacial score (nSPS) is 22.1. The maximum atomic E-state index is 12.3. The summed E-state index contributed by atoms with van der Waals surface area (Å²) in [5.41, 5.74) is 8.01. The van der Waals surface area contributed by atoms with Gasteiger partial charge in [0, 0.05) is 14.1 Å². The Kier molecular flexibility index (Phi) is 6.20. The number of imidazole rings is 1. The van der Waals surface area contributed by atoms with E-state index in [4.69, 9.17) is 10.5 Å². The molecule has 3 aromatic rings. The lowest BCUT2D eigenvalue weighted by atomic mass is 10.1. The van der Waals surface area contributed by atoms with Gasteiger partial charge in [-0.15, -0.1) is 11.3 Å². The van der Waals surface area contributed by atoms with Crippen LogP contribution >= 0.6 is 11.3 Å². The molecule has 3 aromatic heterocycles. The van der Waals surface area contributed by atoms with Gasteiger partial charge >= 0.3 is 0 Å². The van der Waals surface area contributed by atoms with Crippen LogP contribution in [0.1, 0.15) is 21.7 Å². The summed E-state index contributed by atoms with van der Waals surface area (Å²) in [6.07, 6.45) is -2.45. The Balaban J connectivity index is 1.58. The van der Waals surface area contributed by atoms with Crippen molar-refractivity contribution >= 4 is 40.1 Å². The number of amides is 2. The lowest BCUT2D eigenvalue weighted by Gasteiger charge is -2.16. The van der Waals surface area contributed by atoms with E-state index in [0.29, 0.717) is 4.88 Å². The molecule has 2 amide bonds. The van der Waals surface area contributed by atoms with Crippen LogP contribution in [0.15, 0.2) is 18.0 Å². The van der Waals surface area contributed by atoms with Crippen molar-refractivity contribution in [1.29, 1.82) is 0 Å². The number of fused-ring (bicyclic) bond motifs is 1. The van der Waals surface area contributed by atoms with E-state index in [-0.39, 0.29) is 35.3 Å². The zero-order valence-corrected chi connectivity index (χ0v) is 18.4. The first kappa shape index (κ1) is 22.6. The van der Waals surface area contributed by atoms with Crippen molar-refractivity contribution in [1.82, 2.24) is 34.7 Å². The van der Waals surface area contributed by atoms with Crippen LogP contribution in [0.25, 0.3) is 11.2 Å². The summed E-state index contributed by atoms with van der Waals surface area (Å²) < 4.78 is 6.93. The number of anilines is 1. The minimum Gasteiger partial charge on any atom is -0.387 e. The Morgan fingerprint density at radius 3 is 2.85 bits per heavy atom. The van der Waals surface area contributed by atoms with Crippen LogP contribution in [-0.4, -0.2) is 90.4 Å². The van der Waals surface area contributed by atoms with Crippen LogP contribution in [-0.2, 0) is 9.53 Å². The van der Waals surface area contributed by atoms with Gasteiger partial charge in [-0.2, -0.15) is 0 Å². The number of carbonyl (C=O) groups excluding carboxylic acids is 2. The fourth-order valence-electron chi connectivity index (χ4n) is 3.25. The third-order valence-corrected chi connectivity index (χ3v) is 5.73. The molecule has 4 atom stereocenters. The number of hydrogen-bond donors (Lipinski definition) is 4. The van der Waals surface area contributed by atoms with Crippen molar-refractivity contribution in [2.75, 3.05) is 26.4 Å². The Morgan fingerprint density at radius 2 is 2.15 bits per heavy atom. The molecule has 1 aliphatic heterocycles. The van der Waals surface area contributed by atoms with E-state index >= 15 is 0 Å². The van der Waals surface area contributed by atoms with Crippen molar-refractivity contribution in [3.63, 3.8) is 0 Å². The zero-order chi connectivity index (χ0) is 23.7. The molecule has 0 spiro atoms. The maximum Gasteiger partial charge on any atom is 0.266 e. The number of rotatable bonds is 4. The van der Waals surface area contributed by atoms with Crippen LogP contribution in [0.3, 0.4) is 0 Å². The number of nitrogens with zero attached hydrogens (tertiary/aromatic N) is 6. The smallest absolute Gasteiger partial charge is 0.266 e. The highest BCUT2D eigenvalue weighted by Gasteiger charge is 2.47. The second-order valence-electron chi connectivity index (χ2n) is 7.13. The molecular formula is C19H20N8O5S. The number of thiazole rings is 1. The van der Waals surface area contributed by atoms with E-state index in [1.54, 1.807) is 12.6 Å². The predicted octanol–water partition coefficient (Wildman–Crippen LogP) is -1.65. The van der Waals surface area contributed by atoms with E-state index in [1.165, 1.54) is 40.4 Å². The summed E-state index contributed by atoms with van der Waals surface area (Å²) in [7, 11) is 3.00. The Morgan fingerprint density at radius 1 is 1.36 bits per heavy atom. The zero-order valence-electron chi connectivity index (χ0n) is 17.5. The topological polar surface area (TPSA) is 182 Å². The molecule has 14 heteroatoms. The van der Waals surface area contributed by atoms with Crippen molar-refractivity contribution in [3.05, 3.63) is 28.7 Å². The lowest BCUT2D eigenvalue weighted by molar-refractivity contribution is -0.137. The van der Waals surface area contributed by atoms with Crippen molar-refractivity contribution < 1.29 is 24.5 Å². The number of hydrogen-bond acceptors (Lipinski definition) is 11. The summed E-state index contributed by atoms with van der Waals surface area (Å²) in [4.78, 5) is 42.6. The summed E-state index contributed by atoms with van der Waals surface area (Å²) in [5.74, 6) is 4.90. The molecule has 0 bridgehead atoms. The Bertz CT molecular complexity index is 1250. The van der Waals surface area contributed by atoms with E-state index in [9.17, 15) is 19.8 Å². The van der Waals surface area contributed by atoms with Gasteiger partial charge in [0.05, 0.1) is 24.6 Å². The number of likely N-dealkylation sites (N-methyl/N-ethyl adjacent to an activating group) is 1. The first-order valence-corrected chi connectivity index (χ1v) is 10.6. The molecule has 172 valence electrons. The molecule has 0 unspecified atom stereocenters. The summed E-state index contributed by atoms with van der Waals surface area (Å²) in [6.45, 7) is 0.113. The van der Waals surface area contributed by atoms with Crippen LogP contribution in [0.5, 0.6) is 0 Å². The number of ether oxygens (including phenoxy) is 1. The molecule has 0 radical (unpaired) electrons. The van der Waals surface area contributed by atoms with Gasteiger partial charge in [-0.05, 0) is 5.92 Å². The minimum absolute atomic E-state index is 0.0491. The molecular weight excluding hydrogens is 452 g/mol. The Hall–Kier alpha value is -3.64. The monoisotopic (exact) mass is 472 g/mol. The number of nitrogens with two attached hydrogens (primary N) is 1. The van der Waals surface area contributed by atoms with Gasteiger partial charge < -0.3 is 30.9 Å². The molecule has 1 fully saturated rings. The Labute approximate surface area is 191 Å². The highest BCUT2D eigenvalue weighted by Crippen LogP contribution is 2.32. The number of aromatic nitrogens is 5. The second kappa shape index (κ2) is 9.08. The number of carbonyl (C=O) groups is 2. The van der Waals surface area contributed by atoms with Gasteiger partial charge in [-0.1, -0.05) is 5.92 Å². The first-order chi connectivity index (χ1) is 15.8. The van der Waals surface area contributed by atoms with Crippen molar-refractivity contribution in [3.8, 4) is 11.8 Å². The highest BCUT2D eigenvalue weighted by atomic mass is 32.1.